The molecule has 2 aromatic rings. The molecule has 0 aliphatic rings. The van der Waals surface area contributed by atoms with E-state index in [0.717, 1.165) is 23.6 Å². The summed E-state index contributed by atoms with van der Waals surface area (Å²) in [5.41, 5.74) is 2.22. The van der Waals surface area contributed by atoms with Crippen LogP contribution in [0.15, 0.2) is 36.5 Å². The SMILES string of the molecule is CCCOc1ccc(Nc2cc(C)ncc2C(=O)O)cc1. The number of benzene rings is 1. The van der Waals surface area contributed by atoms with E-state index >= 15 is 0 Å². The van der Waals surface area contributed by atoms with Gasteiger partial charge in [0.25, 0.3) is 0 Å². The monoisotopic (exact) mass is 286 g/mol. The van der Waals surface area contributed by atoms with Gasteiger partial charge in [-0.1, -0.05) is 6.92 Å². The predicted octanol–water partition coefficient (Wildman–Crippen LogP) is 3.62. The molecule has 2 N–H and O–H groups in total. The Bertz CT molecular complexity index is 624. The third-order valence-corrected chi connectivity index (χ3v) is 2.88. The maximum absolute atomic E-state index is 11.2. The minimum absolute atomic E-state index is 0.145. The van der Waals surface area contributed by atoms with Crippen molar-refractivity contribution in [3.63, 3.8) is 0 Å². The zero-order valence-electron chi connectivity index (χ0n) is 12.1. The lowest BCUT2D eigenvalue weighted by Gasteiger charge is -2.11. The third kappa shape index (κ3) is 3.95. The molecule has 0 unspecified atom stereocenters. The van der Waals surface area contributed by atoms with Gasteiger partial charge in [0.05, 0.1) is 12.3 Å². The van der Waals surface area contributed by atoms with Crippen molar-refractivity contribution >= 4 is 17.3 Å². The molecule has 0 saturated heterocycles. The van der Waals surface area contributed by atoms with E-state index in [4.69, 9.17) is 4.74 Å². The zero-order valence-corrected chi connectivity index (χ0v) is 12.1. The molecule has 0 fully saturated rings. The predicted molar refractivity (Wildman–Crippen MR) is 81.4 cm³/mol. The third-order valence-electron chi connectivity index (χ3n) is 2.88. The maximum Gasteiger partial charge on any atom is 0.339 e. The molecule has 21 heavy (non-hydrogen) atoms. The van der Waals surface area contributed by atoms with Crippen LogP contribution in [-0.4, -0.2) is 22.7 Å². The molecule has 1 aromatic heterocycles. The molecular formula is C16H18N2O3. The van der Waals surface area contributed by atoms with Crippen LogP contribution in [0.4, 0.5) is 11.4 Å². The van der Waals surface area contributed by atoms with Crippen LogP contribution in [0.2, 0.25) is 0 Å². The summed E-state index contributed by atoms with van der Waals surface area (Å²) < 4.78 is 5.51. The van der Waals surface area contributed by atoms with E-state index in [0.29, 0.717) is 12.3 Å². The van der Waals surface area contributed by atoms with E-state index in [9.17, 15) is 9.90 Å². The summed E-state index contributed by atoms with van der Waals surface area (Å²) in [6, 6.07) is 9.13. The van der Waals surface area contributed by atoms with E-state index in [2.05, 4.69) is 17.2 Å². The minimum atomic E-state index is -1.01. The van der Waals surface area contributed by atoms with Crippen molar-refractivity contribution in [2.75, 3.05) is 11.9 Å². The van der Waals surface area contributed by atoms with Crippen molar-refractivity contribution in [3.05, 3.63) is 47.8 Å². The Balaban J connectivity index is 2.18. The summed E-state index contributed by atoms with van der Waals surface area (Å²) in [5, 5.41) is 12.3. The standard InChI is InChI=1S/C16H18N2O3/c1-3-8-21-13-6-4-12(5-7-13)18-15-9-11(2)17-10-14(15)16(19)20/h4-7,9-10H,3,8H2,1-2H3,(H,17,18)(H,19,20). The molecule has 0 radical (unpaired) electrons. The van der Waals surface area contributed by atoms with E-state index in [-0.39, 0.29) is 5.56 Å². The first-order chi connectivity index (χ1) is 10.1. The quantitative estimate of drug-likeness (QED) is 0.848. The van der Waals surface area contributed by atoms with E-state index in [1.165, 1.54) is 6.20 Å². The Morgan fingerprint density at radius 2 is 2.05 bits per heavy atom. The number of anilines is 2. The number of aromatic carboxylic acids is 1. The fraction of sp³-hybridized carbons (Fsp3) is 0.250. The number of carboxylic acid groups (broad SMARTS) is 1. The first-order valence-corrected chi connectivity index (χ1v) is 6.80. The highest BCUT2D eigenvalue weighted by atomic mass is 16.5. The number of nitrogens with one attached hydrogen (secondary N) is 1. The Hall–Kier alpha value is -2.56. The van der Waals surface area contributed by atoms with Gasteiger partial charge in [-0.15, -0.1) is 0 Å². The normalized spacial score (nSPS) is 10.2. The lowest BCUT2D eigenvalue weighted by atomic mass is 10.2. The van der Waals surface area contributed by atoms with Crippen LogP contribution in [0.3, 0.4) is 0 Å². The molecule has 5 heteroatoms. The average Bonchev–Trinajstić information content (AvgIpc) is 2.46. The fourth-order valence-electron chi connectivity index (χ4n) is 1.84. The molecule has 1 heterocycles. The highest BCUT2D eigenvalue weighted by molar-refractivity contribution is 5.94. The Labute approximate surface area is 123 Å². The maximum atomic E-state index is 11.2. The molecule has 2 rings (SSSR count). The summed E-state index contributed by atoms with van der Waals surface area (Å²) in [4.78, 5) is 15.2. The van der Waals surface area contributed by atoms with Crippen molar-refractivity contribution in [1.29, 1.82) is 0 Å². The molecule has 0 aliphatic carbocycles. The van der Waals surface area contributed by atoms with E-state index < -0.39 is 5.97 Å². The zero-order chi connectivity index (χ0) is 15.2. The molecule has 5 nitrogen and oxygen atoms in total. The Morgan fingerprint density at radius 3 is 2.67 bits per heavy atom. The first kappa shape index (κ1) is 14.8. The number of hydrogen-bond donors (Lipinski definition) is 2. The van der Waals surface area contributed by atoms with Crippen molar-refractivity contribution < 1.29 is 14.6 Å². The first-order valence-electron chi connectivity index (χ1n) is 6.80. The molecule has 0 amide bonds. The van der Waals surface area contributed by atoms with Gasteiger partial charge in [-0.05, 0) is 43.7 Å². The summed E-state index contributed by atoms with van der Waals surface area (Å²) >= 11 is 0. The van der Waals surface area contributed by atoms with Gasteiger partial charge in [-0.25, -0.2) is 4.79 Å². The summed E-state index contributed by atoms with van der Waals surface area (Å²) in [7, 11) is 0. The van der Waals surface area contributed by atoms with Crippen LogP contribution >= 0.6 is 0 Å². The average molecular weight is 286 g/mol. The molecule has 0 spiro atoms. The highest BCUT2D eigenvalue weighted by Gasteiger charge is 2.11. The van der Waals surface area contributed by atoms with Crippen LogP contribution in [0.1, 0.15) is 29.4 Å². The second-order valence-corrected chi connectivity index (χ2v) is 4.67. The second kappa shape index (κ2) is 6.74. The van der Waals surface area contributed by atoms with Gasteiger partial charge in [-0.3, -0.25) is 4.98 Å². The number of ether oxygens (including phenoxy) is 1. The van der Waals surface area contributed by atoms with Crippen molar-refractivity contribution in [3.8, 4) is 5.75 Å². The number of nitrogens with zero attached hydrogens (tertiary/aromatic N) is 1. The minimum Gasteiger partial charge on any atom is -0.494 e. The molecule has 110 valence electrons. The smallest absolute Gasteiger partial charge is 0.339 e. The van der Waals surface area contributed by atoms with Gasteiger partial charge in [0, 0.05) is 17.6 Å². The second-order valence-electron chi connectivity index (χ2n) is 4.67. The Kier molecular flexibility index (Phi) is 4.77. The largest absolute Gasteiger partial charge is 0.494 e. The van der Waals surface area contributed by atoms with Gasteiger partial charge in [0.1, 0.15) is 11.3 Å². The van der Waals surface area contributed by atoms with Gasteiger partial charge < -0.3 is 15.2 Å². The van der Waals surface area contributed by atoms with Gasteiger partial charge >= 0.3 is 5.97 Å². The summed E-state index contributed by atoms with van der Waals surface area (Å²) in [6.07, 6.45) is 2.32. The molecule has 0 atom stereocenters. The number of aryl methyl sites for hydroxylation is 1. The molecule has 0 bridgehead atoms. The number of aromatic nitrogens is 1. The molecule has 1 aromatic carbocycles. The van der Waals surface area contributed by atoms with Crippen LogP contribution in [0.25, 0.3) is 0 Å². The van der Waals surface area contributed by atoms with E-state index in [1.54, 1.807) is 6.07 Å². The lowest BCUT2D eigenvalue weighted by molar-refractivity contribution is 0.0697. The number of hydrogen-bond acceptors (Lipinski definition) is 4. The van der Waals surface area contributed by atoms with E-state index in [1.807, 2.05) is 31.2 Å². The number of carbonyl (C=O) groups is 1. The molecule has 0 saturated carbocycles. The van der Waals surface area contributed by atoms with Crippen molar-refractivity contribution in [2.45, 2.75) is 20.3 Å². The van der Waals surface area contributed by atoms with Crippen molar-refractivity contribution in [1.82, 2.24) is 4.98 Å². The van der Waals surface area contributed by atoms with Gasteiger partial charge in [-0.2, -0.15) is 0 Å². The summed E-state index contributed by atoms with van der Waals surface area (Å²) in [6.45, 7) is 4.55. The van der Waals surface area contributed by atoms with Crippen LogP contribution in [-0.2, 0) is 0 Å². The Morgan fingerprint density at radius 1 is 1.33 bits per heavy atom. The topological polar surface area (TPSA) is 71.5 Å². The molecule has 0 aliphatic heterocycles. The lowest BCUT2D eigenvalue weighted by Crippen LogP contribution is -2.04. The molecular weight excluding hydrogens is 268 g/mol. The van der Waals surface area contributed by atoms with Crippen LogP contribution in [0, 0.1) is 6.92 Å². The van der Waals surface area contributed by atoms with Crippen LogP contribution in [0.5, 0.6) is 5.75 Å². The number of rotatable bonds is 6. The van der Waals surface area contributed by atoms with Gasteiger partial charge in [0.2, 0.25) is 0 Å². The highest BCUT2D eigenvalue weighted by Crippen LogP contribution is 2.23. The number of pyridine rings is 1. The van der Waals surface area contributed by atoms with Gasteiger partial charge in [0.15, 0.2) is 0 Å². The summed E-state index contributed by atoms with van der Waals surface area (Å²) in [5.74, 6) is -0.209. The van der Waals surface area contributed by atoms with Crippen LogP contribution < -0.4 is 10.1 Å². The van der Waals surface area contributed by atoms with Crippen molar-refractivity contribution in [2.24, 2.45) is 0 Å². The fourth-order valence-corrected chi connectivity index (χ4v) is 1.84. The number of carboxylic acids is 1.